The van der Waals surface area contributed by atoms with E-state index < -0.39 is 0 Å². The molecule has 0 N–H and O–H groups in total. The van der Waals surface area contributed by atoms with E-state index in [1.165, 1.54) is 0 Å². The molecule has 3 aliphatic heterocycles. The second-order valence-corrected chi connectivity index (χ2v) is 8.59. The lowest BCUT2D eigenvalue weighted by atomic mass is 10.0. The summed E-state index contributed by atoms with van der Waals surface area (Å²) in [6, 6.07) is 10.1. The number of amides is 2. The van der Waals surface area contributed by atoms with Gasteiger partial charge in [0.1, 0.15) is 5.69 Å². The van der Waals surface area contributed by atoms with Gasteiger partial charge in [0, 0.05) is 50.6 Å². The third-order valence-electron chi connectivity index (χ3n) is 6.59. The Balaban J connectivity index is 1.37. The largest absolute Gasteiger partial charge is 0.376 e. The Hall–Kier alpha value is -2.60. The number of carbonyl (C=O) groups excluding carboxylic acids is 2. The van der Waals surface area contributed by atoms with Crippen LogP contribution in [0, 0.1) is 0 Å². The third kappa shape index (κ3) is 3.33. The first-order chi connectivity index (χ1) is 14.7. The molecular weight excluding hydrogens is 378 g/mol. The van der Waals surface area contributed by atoms with Gasteiger partial charge in [-0.1, -0.05) is 25.5 Å². The maximum atomic E-state index is 13.0. The SMILES string of the molecule is CCCCN1CCn2c(ccc2-c2ccc3c(c2)C(=O)N(C[C@@H]2CCCO2)C3)C1=O. The van der Waals surface area contributed by atoms with Gasteiger partial charge in [0.2, 0.25) is 0 Å². The molecule has 1 fully saturated rings. The summed E-state index contributed by atoms with van der Waals surface area (Å²) in [7, 11) is 0. The molecule has 0 spiro atoms. The van der Waals surface area contributed by atoms with Gasteiger partial charge >= 0.3 is 0 Å². The lowest BCUT2D eigenvalue weighted by Gasteiger charge is -2.29. The number of unbranched alkanes of at least 4 members (excludes halogenated alkanes) is 1. The number of ether oxygens (including phenoxy) is 1. The summed E-state index contributed by atoms with van der Waals surface area (Å²) < 4.78 is 7.82. The molecule has 2 aromatic rings. The minimum absolute atomic E-state index is 0.0922. The number of nitrogens with zero attached hydrogens (tertiary/aromatic N) is 3. The van der Waals surface area contributed by atoms with Gasteiger partial charge in [0.05, 0.1) is 6.10 Å². The fourth-order valence-electron chi connectivity index (χ4n) is 4.90. The summed E-state index contributed by atoms with van der Waals surface area (Å²) in [5.74, 6) is 0.204. The Morgan fingerprint density at radius 1 is 1.03 bits per heavy atom. The van der Waals surface area contributed by atoms with Gasteiger partial charge in [-0.25, -0.2) is 0 Å². The Bertz CT molecular complexity index is 974. The highest BCUT2D eigenvalue weighted by Crippen LogP contribution is 2.31. The highest BCUT2D eigenvalue weighted by Gasteiger charge is 2.31. The van der Waals surface area contributed by atoms with Crippen molar-refractivity contribution in [1.29, 1.82) is 0 Å². The Morgan fingerprint density at radius 2 is 1.90 bits per heavy atom. The van der Waals surface area contributed by atoms with Crippen LogP contribution < -0.4 is 0 Å². The lowest BCUT2D eigenvalue weighted by Crippen LogP contribution is -2.40. The number of aromatic nitrogens is 1. The molecule has 1 saturated heterocycles. The van der Waals surface area contributed by atoms with Crippen LogP contribution in [0.25, 0.3) is 11.3 Å². The molecule has 5 rings (SSSR count). The van der Waals surface area contributed by atoms with Crippen LogP contribution in [0.1, 0.15) is 59.0 Å². The van der Waals surface area contributed by atoms with Crippen molar-refractivity contribution in [2.75, 3.05) is 26.2 Å². The highest BCUT2D eigenvalue weighted by atomic mass is 16.5. The van der Waals surface area contributed by atoms with E-state index in [4.69, 9.17) is 4.74 Å². The predicted molar refractivity (Wildman–Crippen MR) is 114 cm³/mol. The fourth-order valence-corrected chi connectivity index (χ4v) is 4.90. The Labute approximate surface area is 177 Å². The zero-order valence-electron chi connectivity index (χ0n) is 17.6. The number of carbonyl (C=O) groups is 2. The van der Waals surface area contributed by atoms with E-state index in [1.807, 2.05) is 28.0 Å². The third-order valence-corrected chi connectivity index (χ3v) is 6.59. The molecular formula is C24H29N3O3. The van der Waals surface area contributed by atoms with Gasteiger partial charge in [-0.3, -0.25) is 9.59 Å². The Morgan fingerprint density at radius 3 is 2.70 bits per heavy atom. The number of hydrogen-bond acceptors (Lipinski definition) is 3. The monoisotopic (exact) mass is 407 g/mol. The molecule has 4 heterocycles. The molecule has 0 aliphatic carbocycles. The number of hydrogen-bond donors (Lipinski definition) is 0. The van der Waals surface area contributed by atoms with Crippen molar-refractivity contribution in [2.45, 2.75) is 51.8 Å². The quantitative estimate of drug-likeness (QED) is 0.736. The zero-order valence-corrected chi connectivity index (χ0v) is 17.6. The molecule has 1 aromatic heterocycles. The lowest BCUT2D eigenvalue weighted by molar-refractivity contribution is 0.0545. The van der Waals surface area contributed by atoms with Crippen LogP contribution in [0.4, 0.5) is 0 Å². The first kappa shape index (κ1) is 19.4. The maximum Gasteiger partial charge on any atom is 0.270 e. The van der Waals surface area contributed by atoms with Crippen LogP contribution in [0.3, 0.4) is 0 Å². The topological polar surface area (TPSA) is 54.8 Å². The zero-order chi connectivity index (χ0) is 20.7. The summed E-state index contributed by atoms with van der Waals surface area (Å²) in [6.07, 6.45) is 4.41. The van der Waals surface area contributed by atoms with Crippen molar-refractivity contribution in [3.8, 4) is 11.3 Å². The van der Waals surface area contributed by atoms with Gasteiger partial charge in [0.25, 0.3) is 11.8 Å². The van der Waals surface area contributed by atoms with E-state index in [9.17, 15) is 9.59 Å². The first-order valence-electron chi connectivity index (χ1n) is 11.2. The predicted octanol–water partition coefficient (Wildman–Crippen LogP) is 3.55. The fraction of sp³-hybridized carbons (Fsp3) is 0.500. The highest BCUT2D eigenvalue weighted by molar-refractivity contribution is 6.00. The molecule has 0 saturated carbocycles. The van der Waals surface area contributed by atoms with Crippen LogP contribution >= 0.6 is 0 Å². The summed E-state index contributed by atoms with van der Waals surface area (Å²) in [5.41, 5.74) is 4.63. The normalized spacial score (nSPS) is 20.8. The van der Waals surface area contributed by atoms with Crippen molar-refractivity contribution < 1.29 is 14.3 Å². The van der Waals surface area contributed by atoms with Crippen LogP contribution in [0.2, 0.25) is 0 Å². The number of rotatable bonds is 6. The summed E-state index contributed by atoms with van der Waals surface area (Å²) in [6.45, 7) is 6.64. The Kier molecular flexibility index (Phi) is 5.11. The molecule has 2 amide bonds. The van der Waals surface area contributed by atoms with Gasteiger partial charge in [-0.2, -0.15) is 0 Å². The average Bonchev–Trinajstić information content (AvgIpc) is 3.48. The minimum atomic E-state index is 0.0922. The van der Waals surface area contributed by atoms with Crippen molar-refractivity contribution in [3.63, 3.8) is 0 Å². The van der Waals surface area contributed by atoms with E-state index in [0.717, 1.165) is 80.0 Å². The average molecular weight is 408 g/mol. The molecule has 1 atom stereocenters. The standard InChI is InChI=1S/C24H29N3O3/c1-2-3-10-25-11-12-27-21(8-9-22(27)24(25)29)17-6-7-18-15-26(23(28)20(18)14-17)16-19-5-4-13-30-19/h6-9,14,19H,2-5,10-13,15-16H2,1H3/t19-/m0/s1. The van der Waals surface area contributed by atoms with Crippen molar-refractivity contribution >= 4 is 11.8 Å². The van der Waals surface area contributed by atoms with E-state index in [0.29, 0.717) is 13.1 Å². The van der Waals surface area contributed by atoms with E-state index >= 15 is 0 Å². The van der Waals surface area contributed by atoms with Crippen molar-refractivity contribution in [3.05, 3.63) is 47.2 Å². The van der Waals surface area contributed by atoms with E-state index in [2.05, 4.69) is 23.6 Å². The molecule has 6 heteroatoms. The van der Waals surface area contributed by atoms with Crippen molar-refractivity contribution in [2.24, 2.45) is 0 Å². The molecule has 158 valence electrons. The van der Waals surface area contributed by atoms with Gasteiger partial charge in [-0.05, 0) is 48.6 Å². The van der Waals surface area contributed by atoms with E-state index in [1.54, 1.807) is 0 Å². The number of benzene rings is 1. The van der Waals surface area contributed by atoms with Crippen molar-refractivity contribution in [1.82, 2.24) is 14.4 Å². The van der Waals surface area contributed by atoms with Gasteiger partial charge in [-0.15, -0.1) is 0 Å². The molecule has 30 heavy (non-hydrogen) atoms. The van der Waals surface area contributed by atoms with E-state index in [-0.39, 0.29) is 17.9 Å². The number of fused-ring (bicyclic) bond motifs is 2. The molecule has 1 aromatic carbocycles. The van der Waals surface area contributed by atoms with Crippen LogP contribution in [0.15, 0.2) is 30.3 Å². The molecule has 6 nitrogen and oxygen atoms in total. The van der Waals surface area contributed by atoms with Crippen LogP contribution in [-0.4, -0.2) is 58.5 Å². The molecule has 0 bridgehead atoms. The summed E-state index contributed by atoms with van der Waals surface area (Å²) in [5, 5.41) is 0. The minimum Gasteiger partial charge on any atom is -0.376 e. The van der Waals surface area contributed by atoms with Gasteiger partial charge < -0.3 is 19.1 Å². The maximum absolute atomic E-state index is 13.0. The van der Waals surface area contributed by atoms with Crippen LogP contribution in [-0.2, 0) is 17.8 Å². The summed E-state index contributed by atoms with van der Waals surface area (Å²) >= 11 is 0. The smallest absolute Gasteiger partial charge is 0.270 e. The first-order valence-corrected chi connectivity index (χ1v) is 11.2. The van der Waals surface area contributed by atoms with Crippen LogP contribution in [0.5, 0.6) is 0 Å². The molecule has 0 unspecified atom stereocenters. The summed E-state index contributed by atoms with van der Waals surface area (Å²) in [4.78, 5) is 29.7. The van der Waals surface area contributed by atoms with Gasteiger partial charge in [0.15, 0.2) is 0 Å². The second kappa shape index (κ2) is 7.91. The molecule has 3 aliphatic rings. The molecule has 0 radical (unpaired) electrons. The second-order valence-electron chi connectivity index (χ2n) is 8.59.